The average Bonchev–Trinajstić information content (AvgIpc) is 2.41. The Bertz CT molecular complexity index is 336. The average molecular weight is 282 g/mol. The Hall–Kier alpha value is -0.770. The minimum Gasteiger partial charge on any atom is -0.388 e. The number of likely N-dealkylation sites (tertiary alicyclic amines) is 1. The molecule has 0 atom stereocenters. The van der Waals surface area contributed by atoms with E-state index in [4.69, 9.17) is 0 Å². The van der Waals surface area contributed by atoms with Crippen LogP contribution in [0.4, 0.5) is 4.79 Å². The van der Waals surface area contributed by atoms with Crippen LogP contribution in [0.25, 0.3) is 0 Å². The molecule has 4 nitrogen and oxygen atoms in total. The number of nitrogens with zero attached hydrogens (tertiary/aromatic N) is 1. The molecule has 20 heavy (non-hydrogen) atoms. The van der Waals surface area contributed by atoms with Gasteiger partial charge >= 0.3 is 6.03 Å². The molecule has 2 aliphatic rings. The summed E-state index contributed by atoms with van der Waals surface area (Å²) in [4.78, 5) is 14.0. The highest BCUT2D eigenvalue weighted by molar-refractivity contribution is 5.74. The van der Waals surface area contributed by atoms with Crippen molar-refractivity contribution in [1.29, 1.82) is 0 Å². The normalized spacial score (nSPS) is 26.3. The van der Waals surface area contributed by atoms with Gasteiger partial charge in [0.2, 0.25) is 0 Å². The van der Waals surface area contributed by atoms with Crippen LogP contribution in [0.3, 0.4) is 0 Å². The van der Waals surface area contributed by atoms with Crippen LogP contribution in [0.15, 0.2) is 0 Å². The number of carbonyl (C=O) groups excluding carboxylic acids is 1. The molecule has 1 saturated carbocycles. The molecule has 0 aromatic carbocycles. The van der Waals surface area contributed by atoms with E-state index in [0.717, 1.165) is 57.5 Å². The van der Waals surface area contributed by atoms with Gasteiger partial charge in [-0.05, 0) is 49.9 Å². The molecule has 2 fully saturated rings. The second-order valence-corrected chi connectivity index (χ2v) is 7.72. The summed E-state index contributed by atoms with van der Waals surface area (Å²) in [6.07, 6.45) is 5.81. The zero-order chi connectivity index (χ0) is 14.8. The van der Waals surface area contributed by atoms with Gasteiger partial charge in [-0.3, -0.25) is 0 Å². The minimum atomic E-state index is -0.700. The van der Waals surface area contributed by atoms with Crippen LogP contribution < -0.4 is 5.32 Å². The molecule has 116 valence electrons. The maximum atomic E-state index is 12.1. The van der Waals surface area contributed by atoms with Crippen LogP contribution in [-0.2, 0) is 0 Å². The molecule has 1 aliphatic heterocycles. The number of nitrogens with one attached hydrogen (secondary N) is 1. The zero-order valence-electron chi connectivity index (χ0n) is 13.2. The van der Waals surface area contributed by atoms with E-state index in [1.165, 1.54) is 0 Å². The number of urea groups is 1. The minimum absolute atomic E-state index is 0.00448. The summed E-state index contributed by atoms with van der Waals surface area (Å²) in [5, 5.41) is 13.5. The molecular weight excluding hydrogens is 252 g/mol. The van der Waals surface area contributed by atoms with Crippen LogP contribution in [0.2, 0.25) is 0 Å². The molecule has 0 aromatic rings. The van der Waals surface area contributed by atoms with Gasteiger partial charge < -0.3 is 15.3 Å². The summed E-state index contributed by atoms with van der Waals surface area (Å²) in [6, 6.07) is -0.00448. The summed E-state index contributed by atoms with van der Waals surface area (Å²) >= 11 is 0. The van der Waals surface area contributed by atoms with Crippen LogP contribution in [0.5, 0.6) is 0 Å². The smallest absolute Gasteiger partial charge is 0.317 e. The van der Waals surface area contributed by atoms with Gasteiger partial charge in [-0.15, -0.1) is 0 Å². The van der Waals surface area contributed by atoms with E-state index in [-0.39, 0.29) is 6.03 Å². The van der Waals surface area contributed by atoms with Crippen LogP contribution in [0.1, 0.15) is 59.3 Å². The van der Waals surface area contributed by atoms with Gasteiger partial charge in [0, 0.05) is 19.6 Å². The topological polar surface area (TPSA) is 52.6 Å². The number of carbonyl (C=O) groups is 1. The fourth-order valence-corrected chi connectivity index (χ4v) is 3.13. The van der Waals surface area contributed by atoms with Crippen molar-refractivity contribution in [2.24, 2.45) is 11.3 Å². The third-order valence-corrected chi connectivity index (χ3v) is 5.17. The Morgan fingerprint density at radius 2 is 1.75 bits per heavy atom. The van der Waals surface area contributed by atoms with Gasteiger partial charge in [0.15, 0.2) is 0 Å². The van der Waals surface area contributed by atoms with Crippen LogP contribution in [-0.4, -0.2) is 41.3 Å². The largest absolute Gasteiger partial charge is 0.388 e. The summed E-state index contributed by atoms with van der Waals surface area (Å²) in [5.74, 6) is 0.726. The molecule has 0 spiro atoms. The molecule has 1 aliphatic carbocycles. The molecule has 0 bridgehead atoms. The van der Waals surface area contributed by atoms with Gasteiger partial charge in [0.1, 0.15) is 0 Å². The van der Waals surface area contributed by atoms with Crippen molar-refractivity contribution < 1.29 is 9.90 Å². The van der Waals surface area contributed by atoms with E-state index in [2.05, 4.69) is 26.1 Å². The Balaban J connectivity index is 1.76. The second-order valence-electron chi connectivity index (χ2n) is 7.72. The lowest BCUT2D eigenvalue weighted by Crippen LogP contribution is -2.51. The lowest BCUT2D eigenvalue weighted by Gasteiger charge is -2.40. The first-order valence-corrected chi connectivity index (χ1v) is 8.05. The first kappa shape index (κ1) is 15.6. The first-order chi connectivity index (χ1) is 9.30. The van der Waals surface area contributed by atoms with E-state index in [1.807, 2.05) is 4.90 Å². The Morgan fingerprint density at radius 3 is 2.30 bits per heavy atom. The molecule has 2 rings (SSSR count). The Morgan fingerprint density at radius 1 is 1.20 bits per heavy atom. The lowest BCUT2D eigenvalue weighted by molar-refractivity contribution is -0.0231. The highest BCUT2D eigenvalue weighted by Gasteiger charge is 2.37. The maximum absolute atomic E-state index is 12.1. The molecule has 4 heteroatoms. The number of aliphatic hydroxyl groups is 1. The number of piperidine rings is 1. The standard InChI is InChI=1S/C16H30N2O2/c1-13-4-10-18(11-5-13)14(19)17-12-16(20)8-6-15(2,3)7-9-16/h13,20H,4-12H2,1-3H3,(H,17,19). The van der Waals surface area contributed by atoms with Crippen LogP contribution in [0, 0.1) is 11.3 Å². The first-order valence-electron chi connectivity index (χ1n) is 8.05. The van der Waals surface area contributed by atoms with E-state index in [9.17, 15) is 9.90 Å². The van der Waals surface area contributed by atoms with Gasteiger partial charge in [-0.2, -0.15) is 0 Å². The van der Waals surface area contributed by atoms with Gasteiger partial charge in [-0.25, -0.2) is 4.79 Å². The van der Waals surface area contributed by atoms with Crippen LogP contribution >= 0.6 is 0 Å². The van der Waals surface area contributed by atoms with Crippen molar-refractivity contribution in [2.45, 2.75) is 64.9 Å². The van der Waals surface area contributed by atoms with Gasteiger partial charge in [0.25, 0.3) is 0 Å². The van der Waals surface area contributed by atoms with E-state index < -0.39 is 5.60 Å². The molecule has 1 heterocycles. The van der Waals surface area contributed by atoms with E-state index in [1.54, 1.807) is 0 Å². The summed E-state index contributed by atoms with van der Waals surface area (Å²) in [6.45, 7) is 8.83. The quantitative estimate of drug-likeness (QED) is 0.818. The fraction of sp³-hybridized carbons (Fsp3) is 0.938. The summed E-state index contributed by atoms with van der Waals surface area (Å²) in [7, 11) is 0. The predicted octanol–water partition coefficient (Wildman–Crippen LogP) is 2.76. The Kier molecular flexibility index (Phi) is 4.62. The third kappa shape index (κ3) is 4.11. The molecule has 0 aromatic heterocycles. The lowest BCUT2D eigenvalue weighted by atomic mass is 9.71. The second kappa shape index (κ2) is 5.92. The van der Waals surface area contributed by atoms with Crippen molar-refractivity contribution >= 4 is 6.03 Å². The number of hydrogen-bond donors (Lipinski definition) is 2. The number of amides is 2. The highest BCUT2D eigenvalue weighted by atomic mass is 16.3. The third-order valence-electron chi connectivity index (χ3n) is 5.17. The number of hydrogen-bond acceptors (Lipinski definition) is 2. The summed E-state index contributed by atoms with van der Waals surface area (Å²) in [5.41, 5.74) is -0.368. The number of rotatable bonds is 2. The molecular formula is C16H30N2O2. The van der Waals surface area contributed by atoms with Gasteiger partial charge in [0.05, 0.1) is 5.60 Å². The SMILES string of the molecule is CC1CCN(C(=O)NCC2(O)CCC(C)(C)CC2)CC1. The fourth-order valence-electron chi connectivity index (χ4n) is 3.13. The molecule has 0 unspecified atom stereocenters. The molecule has 2 N–H and O–H groups in total. The van der Waals surface area contributed by atoms with Crippen molar-refractivity contribution in [1.82, 2.24) is 10.2 Å². The van der Waals surface area contributed by atoms with Crippen molar-refractivity contribution in [2.75, 3.05) is 19.6 Å². The van der Waals surface area contributed by atoms with E-state index >= 15 is 0 Å². The predicted molar refractivity (Wildman–Crippen MR) is 80.6 cm³/mol. The molecule has 0 radical (unpaired) electrons. The molecule has 2 amide bonds. The zero-order valence-corrected chi connectivity index (χ0v) is 13.2. The van der Waals surface area contributed by atoms with Crippen molar-refractivity contribution in [3.05, 3.63) is 0 Å². The van der Waals surface area contributed by atoms with Crippen molar-refractivity contribution in [3.63, 3.8) is 0 Å². The highest BCUT2D eigenvalue weighted by Crippen LogP contribution is 2.39. The van der Waals surface area contributed by atoms with Crippen molar-refractivity contribution in [3.8, 4) is 0 Å². The monoisotopic (exact) mass is 282 g/mol. The Labute approximate surface area is 122 Å². The van der Waals surface area contributed by atoms with E-state index in [0.29, 0.717) is 12.0 Å². The summed E-state index contributed by atoms with van der Waals surface area (Å²) < 4.78 is 0. The molecule has 1 saturated heterocycles. The maximum Gasteiger partial charge on any atom is 0.317 e. The van der Waals surface area contributed by atoms with Gasteiger partial charge in [-0.1, -0.05) is 20.8 Å².